The van der Waals surface area contributed by atoms with Gasteiger partial charge in [0.2, 0.25) is 0 Å². The summed E-state index contributed by atoms with van der Waals surface area (Å²) in [5.74, 6) is -0.156. The molecule has 1 amide bonds. The molecule has 2 aromatic carbocycles. The third-order valence-corrected chi connectivity index (χ3v) is 5.65. The molecule has 0 saturated carbocycles. The van der Waals surface area contributed by atoms with E-state index in [4.69, 9.17) is 0 Å². The summed E-state index contributed by atoms with van der Waals surface area (Å²) in [6.45, 7) is 0.858. The first-order valence-corrected chi connectivity index (χ1v) is 9.62. The highest BCUT2D eigenvalue weighted by Gasteiger charge is 2.11. The Labute approximate surface area is 146 Å². The van der Waals surface area contributed by atoms with Gasteiger partial charge in [0.25, 0.3) is 11.5 Å². The van der Waals surface area contributed by atoms with Crippen molar-refractivity contribution in [2.45, 2.75) is 11.4 Å². The maximum atomic E-state index is 12.2. The highest BCUT2D eigenvalue weighted by atomic mass is 33.1. The van der Waals surface area contributed by atoms with Gasteiger partial charge in [0.15, 0.2) is 0 Å². The van der Waals surface area contributed by atoms with Crippen molar-refractivity contribution >= 4 is 50.0 Å². The van der Waals surface area contributed by atoms with Crippen molar-refractivity contribution in [1.29, 1.82) is 0 Å². The lowest BCUT2D eigenvalue weighted by Gasteiger charge is -2.08. The second-order valence-corrected chi connectivity index (χ2v) is 7.07. The summed E-state index contributed by atoms with van der Waals surface area (Å²) in [5.41, 5.74) is 0.586. The normalized spacial score (nSPS) is 10.8. The zero-order valence-corrected chi connectivity index (χ0v) is 14.6. The van der Waals surface area contributed by atoms with Gasteiger partial charge in [-0.2, -0.15) is 0 Å². The Morgan fingerprint density at radius 1 is 1.17 bits per heavy atom. The fourth-order valence-corrected chi connectivity index (χ4v) is 4.14. The number of fused-ring (bicyclic) bond motifs is 1. The molecule has 0 unspecified atom stereocenters. The monoisotopic (exact) mass is 362 g/mol. The summed E-state index contributed by atoms with van der Waals surface area (Å²) in [5, 5.41) is 3.58. The summed E-state index contributed by atoms with van der Waals surface area (Å²) in [7, 11) is 1.24. The predicted octanol–water partition coefficient (Wildman–Crippen LogP) is 3.43. The van der Waals surface area contributed by atoms with Crippen LogP contribution in [0.2, 0.25) is 0 Å². The van der Waals surface area contributed by atoms with Gasteiger partial charge >= 0.3 is 0 Å². The van der Waals surface area contributed by atoms with E-state index in [2.05, 4.69) is 17.0 Å². The van der Waals surface area contributed by atoms with E-state index in [1.165, 1.54) is 22.3 Å². The summed E-state index contributed by atoms with van der Waals surface area (Å²) in [6, 6.07) is 14.8. The number of rotatable bonds is 5. The average molecular weight is 363 g/mol. The smallest absolute Gasteiger partial charge is 0.268 e. The Bertz CT molecular complexity index is 901. The first kappa shape index (κ1) is 16.2. The van der Waals surface area contributed by atoms with E-state index in [-0.39, 0.29) is 11.5 Å². The molecule has 0 aliphatic rings. The van der Waals surface area contributed by atoms with Crippen LogP contribution in [-0.2, 0) is 6.54 Å². The molecule has 118 valence electrons. The third-order valence-electron chi connectivity index (χ3n) is 3.38. The topological polar surface area (TPSA) is 51.1 Å². The van der Waals surface area contributed by atoms with E-state index < -0.39 is 0 Å². The van der Waals surface area contributed by atoms with E-state index in [9.17, 15) is 9.59 Å². The van der Waals surface area contributed by atoms with Gasteiger partial charge in [-0.05, 0) is 24.3 Å². The Hall–Kier alpha value is -1.70. The number of carbonyl (C=O) groups excluding carboxylic acids is 1. The first-order valence-electron chi connectivity index (χ1n) is 6.98. The van der Waals surface area contributed by atoms with Gasteiger partial charge < -0.3 is 5.32 Å². The molecule has 0 radical (unpaired) electrons. The molecule has 0 spiro atoms. The van der Waals surface area contributed by atoms with Gasteiger partial charge in [-0.25, -0.2) is 0 Å². The van der Waals surface area contributed by atoms with Crippen molar-refractivity contribution in [3.8, 4) is 0 Å². The highest BCUT2D eigenvalue weighted by molar-refractivity contribution is 8.68. The van der Waals surface area contributed by atoms with Crippen molar-refractivity contribution in [3.63, 3.8) is 0 Å². The maximum Gasteiger partial charge on any atom is 0.268 e. The standard InChI is InChI=1S/C16H14N2O2S3/c19-15(11-5-1-4-8-14(11)23-21)17-9-10-18-16(20)12-6-2-3-7-13(12)22-18/h1-8,21H,9-10H2,(H,17,19). The molecule has 7 heteroatoms. The van der Waals surface area contributed by atoms with E-state index in [1.807, 2.05) is 42.5 Å². The lowest BCUT2D eigenvalue weighted by atomic mass is 10.2. The molecule has 4 nitrogen and oxygen atoms in total. The number of thiol groups is 1. The number of amides is 1. The average Bonchev–Trinajstić information content (AvgIpc) is 2.91. The van der Waals surface area contributed by atoms with Crippen LogP contribution >= 0.6 is 34.0 Å². The number of hydrogen-bond donors (Lipinski definition) is 2. The second kappa shape index (κ2) is 7.25. The van der Waals surface area contributed by atoms with Crippen molar-refractivity contribution in [3.05, 3.63) is 64.4 Å². The van der Waals surface area contributed by atoms with Crippen molar-refractivity contribution in [1.82, 2.24) is 9.27 Å². The first-order chi connectivity index (χ1) is 11.2. The molecule has 1 aromatic heterocycles. The van der Waals surface area contributed by atoms with Gasteiger partial charge in [-0.1, -0.05) is 46.6 Å². The van der Waals surface area contributed by atoms with Crippen molar-refractivity contribution in [2.75, 3.05) is 6.54 Å². The summed E-state index contributed by atoms with van der Waals surface area (Å²) < 4.78 is 2.63. The minimum Gasteiger partial charge on any atom is -0.350 e. The molecule has 23 heavy (non-hydrogen) atoms. The van der Waals surface area contributed by atoms with Crippen LogP contribution in [0.25, 0.3) is 10.1 Å². The van der Waals surface area contributed by atoms with Crippen LogP contribution in [0.4, 0.5) is 0 Å². The quantitative estimate of drug-likeness (QED) is 0.540. The molecular formula is C16H14N2O2S3. The fourth-order valence-electron chi connectivity index (χ4n) is 2.26. The van der Waals surface area contributed by atoms with Crippen LogP contribution in [-0.4, -0.2) is 16.4 Å². The Morgan fingerprint density at radius 2 is 1.91 bits per heavy atom. The minimum absolute atomic E-state index is 0.00818. The van der Waals surface area contributed by atoms with E-state index in [0.29, 0.717) is 18.7 Å². The SMILES string of the molecule is O=C(NCCn1sc2ccccc2c1=O)c1ccccc1SS. The molecule has 0 atom stereocenters. The van der Waals surface area contributed by atoms with E-state index in [0.717, 1.165) is 15.0 Å². The number of hydrogen-bond acceptors (Lipinski definition) is 5. The molecular weight excluding hydrogens is 348 g/mol. The number of nitrogens with zero attached hydrogens (tertiary/aromatic N) is 1. The zero-order valence-electron chi connectivity index (χ0n) is 12.1. The number of aromatic nitrogens is 1. The molecule has 0 bridgehead atoms. The molecule has 0 aliphatic heterocycles. The van der Waals surface area contributed by atoms with Crippen LogP contribution in [0.1, 0.15) is 10.4 Å². The molecule has 1 N–H and O–H groups in total. The van der Waals surface area contributed by atoms with E-state index in [1.54, 1.807) is 10.0 Å². The lowest BCUT2D eigenvalue weighted by molar-refractivity contribution is 0.0949. The summed E-state index contributed by atoms with van der Waals surface area (Å²) in [6.07, 6.45) is 0. The van der Waals surface area contributed by atoms with Crippen LogP contribution in [0.5, 0.6) is 0 Å². The van der Waals surface area contributed by atoms with Crippen LogP contribution in [0.15, 0.2) is 58.2 Å². The number of carbonyl (C=O) groups is 1. The van der Waals surface area contributed by atoms with Gasteiger partial charge in [-0.3, -0.25) is 13.5 Å². The highest BCUT2D eigenvalue weighted by Crippen LogP contribution is 2.25. The van der Waals surface area contributed by atoms with Crippen molar-refractivity contribution in [2.24, 2.45) is 0 Å². The molecule has 0 aliphatic carbocycles. The molecule has 3 rings (SSSR count). The van der Waals surface area contributed by atoms with Crippen LogP contribution in [0, 0.1) is 0 Å². The Balaban J connectivity index is 1.68. The predicted molar refractivity (Wildman–Crippen MR) is 99.7 cm³/mol. The van der Waals surface area contributed by atoms with Gasteiger partial charge in [-0.15, -0.1) is 11.7 Å². The molecule has 3 aromatic rings. The minimum atomic E-state index is -0.156. The van der Waals surface area contributed by atoms with Crippen molar-refractivity contribution < 1.29 is 4.79 Å². The number of benzene rings is 2. The van der Waals surface area contributed by atoms with Crippen LogP contribution < -0.4 is 10.9 Å². The second-order valence-electron chi connectivity index (χ2n) is 4.84. The fraction of sp³-hybridized carbons (Fsp3) is 0.125. The zero-order chi connectivity index (χ0) is 16.2. The van der Waals surface area contributed by atoms with Gasteiger partial charge in [0, 0.05) is 11.4 Å². The third kappa shape index (κ3) is 3.46. The molecule has 0 fully saturated rings. The molecule has 1 heterocycles. The van der Waals surface area contributed by atoms with Gasteiger partial charge in [0.05, 0.1) is 22.2 Å². The van der Waals surface area contributed by atoms with Crippen LogP contribution in [0.3, 0.4) is 0 Å². The summed E-state index contributed by atoms with van der Waals surface area (Å²) >= 11 is 5.57. The number of nitrogens with one attached hydrogen (secondary N) is 1. The Kier molecular flexibility index (Phi) is 5.09. The Morgan fingerprint density at radius 3 is 2.70 bits per heavy atom. The maximum absolute atomic E-state index is 12.2. The molecule has 0 saturated heterocycles. The van der Waals surface area contributed by atoms with E-state index >= 15 is 0 Å². The largest absolute Gasteiger partial charge is 0.350 e. The summed E-state index contributed by atoms with van der Waals surface area (Å²) in [4.78, 5) is 25.3. The lowest BCUT2D eigenvalue weighted by Crippen LogP contribution is -2.29. The van der Waals surface area contributed by atoms with Gasteiger partial charge in [0.1, 0.15) is 0 Å².